The third kappa shape index (κ3) is 2.17. The fourth-order valence-electron chi connectivity index (χ4n) is 2.72. The molecule has 4 rings (SSSR count). The van der Waals surface area contributed by atoms with Crippen LogP contribution in [0.1, 0.15) is 26.5 Å². The molecule has 0 fully saturated rings. The summed E-state index contributed by atoms with van der Waals surface area (Å²) in [7, 11) is 0. The Bertz CT molecular complexity index is 1080. The van der Waals surface area contributed by atoms with Crippen molar-refractivity contribution in [3.63, 3.8) is 0 Å². The first-order chi connectivity index (χ1) is 12.0. The highest BCUT2D eigenvalue weighted by atomic mass is 16.7. The fourth-order valence-corrected chi connectivity index (χ4v) is 2.72. The predicted molar refractivity (Wildman–Crippen MR) is 86.5 cm³/mol. The topological polar surface area (TPSA) is 97.1 Å². The van der Waals surface area contributed by atoms with Gasteiger partial charge in [-0.05, 0) is 31.2 Å². The summed E-state index contributed by atoms with van der Waals surface area (Å²) >= 11 is 0. The highest BCUT2D eigenvalue weighted by molar-refractivity contribution is 6.20. The third-order valence-corrected chi connectivity index (χ3v) is 3.94. The normalized spacial score (nSPS) is 13.4. The van der Waals surface area contributed by atoms with Crippen LogP contribution in [0.3, 0.4) is 0 Å². The lowest BCUT2D eigenvalue weighted by atomic mass is 10.1. The van der Waals surface area contributed by atoms with E-state index in [1.807, 2.05) is 0 Å². The summed E-state index contributed by atoms with van der Waals surface area (Å²) in [6.07, 6.45) is 0. The third-order valence-electron chi connectivity index (χ3n) is 3.94. The molecule has 2 aromatic carbocycles. The highest BCUT2D eigenvalue weighted by Gasteiger charge is 2.38. The molecule has 2 heterocycles. The van der Waals surface area contributed by atoms with Crippen molar-refractivity contribution in [1.29, 1.82) is 0 Å². The van der Waals surface area contributed by atoms with Crippen LogP contribution in [-0.2, 0) is 0 Å². The molecular weight excluding hydrogens is 326 g/mol. The van der Waals surface area contributed by atoms with Crippen LogP contribution < -0.4 is 10.3 Å². The van der Waals surface area contributed by atoms with E-state index in [4.69, 9.17) is 9.25 Å². The Labute approximate surface area is 140 Å². The standard InChI is InChI=1S/C18H11NO6/c1-9-16(15(21)13-7-6-10(20)8-14(13)24-9)25-19-17(22)11-4-2-3-5-12(11)18(19)23/h2-8,20H,1H3. The molecule has 0 saturated heterocycles. The summed E-state index contributed by atoms with van der Waals surface area (Å²) < 4.78 is 5.48. The van der Waals surface area contributed by atoms with E-state index in [0.717, 1.165) is 0 Å². The largest absolute Gasteiger partial charge is 0.508 e. The molecule has 0 spiro atoms. The van der Waals surface area contributed by atoms with Gasteiger partial charge >= 0.3 is 0 Å². The van der Waals surface area contributed by atoms with Gasteiger partial charge in [0.1, 0.15) is 11.3 Å². The van der Waals surface area contributed by atoms with Gasteiger partial charge in [-0.15, -0.1) is 0 Å². The second-order valence-corrected chi connectivity index (χ2v) is 5.54. The molecule has 2 amide bonds. The number of hydroxylamine groups is 2. The lowest BCUT2D eigenvalue weighted by Gasteiger charge is -2.15. The second kappa shape index (κ2) is 5.20. The molecule has 0 radical (unpaired) electrons. The average molecular weight is 337 g/mol. The number of amides is 2. The molecule has 25 heavy (non-hydrogen) atoms. The predicted octanol–water partition coefficient (Wildman–Crippen LogP) is 2.40. The van der Waals surface area contributed by atoms with E-state index >= 15 is 0 Å². The molecule has 3 aromatic rings. The van der Waals surface area contributed by atoms with Crippen molar-refractivity contribution in [3.05, 3.63) is 69.6 Å². The Morgan fingerprint density at radius 2 is 1.64 bits per heavy atom. The van der Waals surface area contributed by atoms with Crippen molar-refractivity contribution in [1.82, 2.24) is 5.06 Å². The van der Waals surface area contributed by atoms with Gasteiger partial charge in [-0.2, -0.15) is 0 Å². The summed E-state index contributed by atoms with van der Waals surface area (Å²) in [5.74, 6) is -1.52. The van der Waals surface area contributed by atoms with Gasteiger partial charge < -0.3 is 14.4 Å². The van der Waals surface area contributed by atoms with Crippen LogP contribution >= 0.6 is 0 Å². The van der Waals surface area contributed by atoms with Crippen LogP contribution in [0.25, 0.3) is 11.0 Å². The Balaban J connectivity index is 1.80. The maximum absolute atomic E-state index is 12.6. The molecule has 0 saturated carbocycles. The van der Waals surface area contributed by atoms with E-state index in [2.05, 4.69) is 0 Å². The van der Waals surface area contributed by atoms with Crippen molar-refractivity contribution >= 4 is 22.8 Å². The Kier molecular flexibility index (Phi) is 3.11. The van der Waals surface area contributed by atoms with Crippen molar-refractivity contribution in [3.8, 4) is 11.5 Å². The van der Waals surface area contributed by atoms with Crippen molar-refractivity contribution in [2.75, 3.05) is 0 Å². The fraction of sp³-hybridized carbons (Fsp3) is 0.0556. The first-order valence-corrected chi connectivity index (χ1v) is 7.39. The number of aryl methyl sites for hydroxylation is 1. The average Bonchev–Trinajstić information content (AvgIpc) is 2.83. The van der Waals surface area contributed by atoms with E-state index < -0.39 is 17.2 Å². The van der Waals surface area contributed by atoms with Gasteiger partial charge in [-0.3, -0.25) is 14.4 Å². The maximum Gasteiger partial charge on any atom is 0.295 e. The zero-order chi connectivity index (χ0) is 17.7. The Morgan fingerprint density at radius 3 is 2.28 bits per heavy atom. The monoisotopic (exact) mass is 337 g/mol. The summed E-state index contributed by atoms with van der Waals surface area (Å²) in [6.45, 7) is 1.47. The number of rotatable bonds is 2. The SMILES string of the molecule is Cc1oc2cc(O)ccc2c(=O)c1ON1C(=O)c2ccccc2C1=O. The number of benzene rings is 2. The molecule has 1 aliphatic rings. The maximum atomic E-state index is 12.6. The molecule has 7 heteroatoms. The number of carbonyl (C=O) groups is 2. The van der Waals surface area contributed by atoms with Gasteiger partial charge in [0, 0.05) is 6.07 Å². The Morgan fingerprint density at radius 1 is 1.00 bits per heavy atom. The molecule has 0 atom stereocenters. The summed E-state index contributed by atoms with van der Waals surface area (Å²) in [5.41, 5.74) is 0.0491. The van der Waals surface area contributed by atoms with Crippen LogP contribution in [0, 0.1) is 6.92 Å². The van der Waals surface area contributed by atoms with E-state index in [0.29, 0.717) is 5.06 Å². The lowest BCUT2D eigenvalue weighted by Crippen LogP contribution is -2.35. The number of phenols is 1. The van der Waals surface area contributed by atoms with E-state index in [9.17, 15) is 19.5 Å². The van der Waals surface area contributed by atoms with E-state index in [-0.39, 0.29) is 39.4 Å². The Hall–Kier alpha value is -3.61. The van der Waals surface area contributed by atoms with Crippen molar-refractivity contribution in [2.24, 2.45) is 0 Å². The molecule has 0 bridgehead atoms. The quantitative estimate of drug-likeness (QED) is 0.721. The van der Waals surface area contributed by atoms with Crippen LogP contribution in [0.5, 0.6) is 11.5 Å². The van der Waals surface area contributed by atoms with Crippen LogP contribution in [0.15, 0.2) is 51.7 Å². The molecule has 7 nitrogen and oxygen atoms in total. The van der Waals surface area contributed by atoms with Gasteiger partial charge in [-0.25, -0.2) is 0 Å². The number of aromatic hydroxyl groups is 1. The zero-order valence-electron chi connectivity index (χ0n) is 13.0. The molecular formula is C18H11NO6. The van der Waals surface area contributed by atoms with Crippen molar-refractivity contribution in [2.45, 2.75) is 6.92 Å². The minimum Gasteiger partial charge on any atom is -0.508 e. The zero-order valence-corrected chi connectivity index (χ0v) is 13.0. The van der Waals surface area contributed by atoms with Crippen LogP contribution in [0.2, 0.25) is 0 Å². The number of phenolic OH excluding ortho intramolecular Hbond substituents is 1. The number of hydrogen-bond acceptors (Lipinski definition) is 6. The minimum absolute atomic E-state index is 0.0518. The summed E-state index contributed by atoms with van der Waals surface area (Å²) in [4.78, 5) is 42.7. The minimum atomic E-state index is -0.648. The second-order valence-electron chi connectivity index (χ2n) is 5.54. The molecule has 1 N–H and O–H groups in total. The van der Waals surface area contributed by atoms with Gasteiger partial charge in [0.25, 0.3) is 11.8 Å². The smallest absolute Gasteiger partial charge is 0.295 e. The lowest BCUT2D eigenvalue weighted by molar-refractivity contribution is -0.0159. The van der Waals surface area contributed by atoms with Gasteiger partial charge in [0.2, 0.25) is 11.2 Å². The van der Waals surface area contributed by atoms with Crippen LogP contribution in [0.4, 0.5) is 0 Å². The number of imide groups is 1. The van der Waals surface area contributed by atoms with Gasteiger partial charge in [-0.1, -0.05) is 17.2 Å². The molecule has 0 aliphatic carbocycles. The first-order valence-electron chi connectivity index (χ1n) is 7.39. The molecule has 124 valence electrons. The van der Waals surface area contributed by atoms with Crippen LogP contribution in [-0.4, -0.2) is 22.0 Å². The molecule has 1 aromatic heterocycles. The summed E-state index contributed by atoms with van der Waals surface area (Å²) in [6, 6.07) is 10.3. The molecule has 1 aliphatic heterocycles. The number of hydrogen-bond donors (Lipinski definition) is 1. The molecule has 0 unspecified atom stereocenters. The first kappa shape index (κ1) is 14.9. The van der Waals surface area contributed by atoms with E-state index in [1.54, 1.807) is 12.1 Å². The van der Waals surface area contributed by atoms with Gasteiger partial charge in [0.15, 0.2) is 5.76 Å². The summed E-state index contributed by atoms with van der Waals surface area (Å²) in [5, 5.41) is 10.2. The highest BCUT2D eigenvalue weighted by Crippen LogP contribution is 2.27. The number of carbonyl (C=O) groups excluding carboxylic acids is 2. The van der Waals surface area contributed by atoms with Gasteiger partial charge in [0.05, 0.1) is 16.5 Å². The van der Waals surface area contributed by atoms with E-state index in [1.165, 1.54) is 37.3 Å². The number of nitrogens with zero attached hydrogens (tertiary/aromatic N) is 1. The number of fused-ring (bicyclic) bond motifs is 2. The van der Waals surface area contributed by atoms with Crippen molar-refractivity contribution < 1.29 is 24.0 Å².